The smallest absolute Gasteiger partial charge is 0.334 e. The number of aliphatic hydroxyl groups is 4. The Morgan fingerprint density at radius 1 is 0.618 bits per heavy atom. The van der Waals surface area contributed by atoms with Crippen molar-refractivity contribution in [2.75, 3.05) is 19.8 Å². The Morgan fingerprint density at radius 2 is 0.912 bits per heavy atom. The van der Waals surface area contributed by atoms with Gasteiger partial charge in [-0.2, -0.15) is 0 Å². The van der Waals surface area contributed by atoms with Crippen LogP contribution >= 0.6 is 17.2 Å². The number of rotatable bonds is 8. The minimum atomic E-state index is -2.61. The van der Waals surface area contributed by atoms with Crippen molar-refractivity contribution in [2.45, 2.75) is 47.1 Å². The molecule has 0 amide bonds. The molecule has 0 radical (unpaired) electrons. The topological polar surface area (TPSA) is 171 Å². The lowest BCUT2D eigenvalue weighted by Crippen LogP contribution is -2.55. The normalized spacial score (nSPS) is 12.2. The first-order valence-corrected chi connectivity index (χ1v) is 12.8. The van der Waals surface area contributed by atoms with Gasteiger partial charge in [0.25, 0.3) is 0 Å². The van der Waals surface area contributed by atoms with E-state index in [4.69, 9.17) is 19.6 Å². The van der Waals surface area contributed by atoms with Crippen LogP contribution in [0.3, 0.4) is 0 Å². The van der Waals surface area contributed by atoms with Crippen LogP contribution in [0.2, 0.25) is 0 Å². The molecule has 0 fully saturated rings. The van der Waals surface area contributed by atoms with Crippen LogP contribution in [0.25, 0.3) is 0 Å². The molecular weight excluding hydrogens is 482 g/mol. The van der Waals surface area contributed by atoms with Gasteiger partial charge in [-0.15, -0.1) is 0 Å². The molecule has 9 nitrogen and oxygen atoms in total. The summed E-state index contributed by atoms with van der Waals surface area (Å²) in [6.45, 7) is 9.93. The van der Waals surface area contributed by atoms with Crippen molar-refractivity contribution in [2.24, 2.45) is 5.41 Å². The van der Waals surface area contributed by atoms with Gasteiger partial charge in [0.15, 0.2) is 0 Å². The van der Waals surface area contributed by atoms with E-state index < -0.39 is 48.0 Å². The SMILES string of the molecule is Cc1ccc(C)c(C(O)(c2c(C)ccc(C)c2C)C(CO)(CO)CO)c1C.OP(O)OP(O)O. The summed E-state index contributed by atoms with van der Waals surface area (Å²) in [6.07, 6.45) is 0. The van der Waals surface area contributed by atoms with Gasteiger partial charge in [0.05, 0.1) is 25.2 Å². The second-order valence-electron chi connectivity index (χ2n) is 8.45. The lowest BCUT2D eigenvalue weighted by atomic mass is 9.62. The van der Waals surface area contributed by atoms with Gasteiger partial charge in [0.2, 0.25) is 0 Å². The van der Waals surface area contributed by atoms with Crippen LogP contribution in [0.5, 0.6) is 0 Å². The summed E-state index contributed by atoms with van der Waals surface area (Å²) >= 11 is 0. The van der Waals surface area contributed by atoms with Gasteiger partial charge in [0.1, 0.15) is 5.60 Å². The van der Waals surface area contributed by atoms with Gasteiger partial charge < -0.3 is 40.0 Å². The average molecular weight is 518 g/mol. The molecular formula is C23H36O9P2. The average Bonchev–Trinajstić information content (AvgIpc) is 2.75. The fourth-order valence-electron chi connectivity index (χ4n) is 4.23. The van der Waals surface area contributed by atoms with Crippen molar-refractivity contribution in [3.8, 4) is 0 Å². The Morgan fingerprint density at radius 3 is 1.15 bits per heavy atom. The molecule has 0 saturated heterocycles. The molecule has 0 aliphatic rings. The van der Waals surface area contributed by atoms with Gasteiger partial charge in [-0.05, 0) is 86.1 Å². The fraction of sp³-hybridized carbons (Fsp3) is 0.478. The summed E-state index contributed by atoms with van der Waals surface area (Å²) in [5, 5.41) is 43.1. The molecule has 11 heteroatoms. The Hall–Kier alpha value is -1.06. The molecule has 0 unspecified atom stereocenters. The molecule has 0 heterocycles. The lowest BCUT2D eigenvalue weighted by Gasteiger charge is -2.48. The predicted octanol–water partition coefficient (Wildman–Crippen LogP) is 2.16. The summed E-state index contributed by atoms with van der Waals surface area (Å²) in [5.74, 6) is 0. The molecule has 0 spiro atoms. The molecule has 8 N–H and O–H groups in total. The molecule has 2 rings (SSSR count). The van der Waals surface area contributed by atoms with Crippen LogP contribution in [-0.4, -0.2) is 59.8 Å². The molecule has 0 atom stereocenters. The van der Waals surface area contributed by atoms with E-state index >= 15 is 0 Å². The summed E-state index contributed by atoms with van der Waals surface area (Å²) < 4.78 is 3.60. The molecule has 2 aromatic rings. The first-order valence-electron chi connectivity index (χ1n) is 10.5. The molecule has 0 saturated carbocycles. The van der Waals surface area contributed by atoms with Crippen molar-refractivity contribution in [3.63, 3.8) is 0 Å². The summed E-state index contributed by atoms with van der Waals surface area (Å²) in [5.41, 5.74) is 3.44. The molecule has 0 aliphatic heterocycles. The second-order valence-corrected chi connectivity index (χ2v) is 10.1. The summed E-state index contributed by atoms with van der Waals surface area (Å²) in [7, 11) is -5.22. The van der Waals surface area contributed by atoms with Gasteiger partial charge >= 0.3 is 17.2 Å². The van der Waals surface area contributed by atoms with Crippen LogP contribution in [0, 0.1) is 47.0 Å². The fourth-order valence-corrected chi connectivity index (χ4v) is 4.75. The minimum Gasteiger partial charge on any atom is -0.395 e. The minimum absolute atomic E-state index is 0.559. The van der Waals surface area contributed by atoms with E-state index in [0.29, 0.717) is 11.1 Å². The maximum Gasteiger partial charge on any atom is 0.334 e. The Labute approximate surface area is 202 Å². The molecule has 2 aromatic carbocycles. The Kier molecular flexibility index (Phi) is 11.6. The van der Waals surface area contributed by atoms with Crippen LogP contribution in [-0.2, 0) is 9.91 Å². The van der Waals surface area contributed by atoms with E-state index in [-0.39, 0.29) is 0 Å². The number of benzene rings is 2. The van der Waals surface area contributed by atoms with Crippen molar-refractivity contribution >= 4 is 17.2 Å². The van der Waals surface area contributed by atoms with Crippen LogP contribution in [0.4, 0.5) is 0 Å². The second kappa shape index (κ2) is 12.8. The zero-order valence-corrected chi connectivity index (χ0v) is 22.1. The van der Waals surface area contributed by atoms with Gasteiger partial charge in [-0.25, -0.2) is 4.31 Å². The van der Waals surface area contributed by atoms with E-state index in [2.05, 4.69) is 4.31 Å². The summed E-state index contributed by atoms with van der Waals surface area (Å²) in [6, 6.07) is 7.84. The van der Waals surface area contributed by atoms with E-state index in [9.17, 15) is 20.4 Å². The lowest BCUT2D eigenvalue weighted by molar-refractivity contribution is -0.137. The van der Waals surface area contributed by atoms with Crippen molar-refractivity contribution < 1.29 is 44.3 Å². The van der Waals surface area contributed by atoms with Crippen LogP contribution in [0.15, 0.2) is 24.3 Å². The largest absolute Gasteiger partial charge is 0.395 e. The van der Waals surface area contributed by atoms with Crippen LogP contribution < -0.4 is 0 Å². The molecule has 0 aromatic heterocycles. The molecule has 34 heavy (non-hydrogen) atoms. The van der Waals surface area contributed by atoms with Gasteiger partial charge in [-0.3, -0.25) is 0 Å². The third-order valence-electron chi connectivity index (χ3n) is 6.43. The highest BCUT2D eigenvalue weighted by atomic mass is 31.2. The Balaban J connectivity index is 0.000000718. The standard InChI is InChI=1S/C23H32O4.H4O5P2/c1-14-7-9-16(3)20(18(14)5)23(27,22(11-24,12-25)13-26)21-17(4)10-8-15(2)19(21)6;1-6(2)5-7(3)4/h7-10,24-27H,11-13H2,1-6H3;1-4H. The maximum atomic E-state index is 12.4. The van der Waals surface area contributed by atoms with E-state index in [1.807, 2.05) is 65.8 Å². The predicted molar refractivity (Wildman–Crippen MR) is 132 cm³/mol. The highest BCUT2D eigenvalue weighted by Gasteiger charge is 2.54. The highest BCUT2D eigenvalue weighted by Crippen LogP contribution is 2.50. The molecule has 0 bridgehead atoms. The maximum absolute atomic E-state index is 12.4. The number of aliphatic hydroxyl groups excluding tert-OH is 3. The number of aryl methyl sites for hydroxylation is 4. The van der Waals surface area contributed by atoms with Gasteiger partial charge in [0, 0.05) is 0 Å². The monoisotopic (exact) mass is 518 g/mol. The Bertz CT molecular complexity index is 888. The quantitative estimate of drug-likeness (QED) is 0.244. The highest BCUT2D eigenvalue weighted by molar-refractivity contribution is 7.53. The van der Waals surface area contributed by atoms with E-state index in [0.717, 1.165) is 33.4 Å². The van der Waals surface area contributed by atoms with Crippen molar-refractivity contribution in [1.29, 1.82) is 0 Å². The van der Waals surface area contributed by atoms with E-state index in [1.165, 1.54) is 0 Å². The number of hydrogen-bond acceptors (Lipinski definition) is 9. The van der Waals surface area contributed by atoms with Crippen molar-refractivity contribution in [1.82, 2.24) is 0 Å². The first kappa shape index (κ1) is 31.0. The third-order valence-corrected chi connectivity index (χ3v) is 7.60. The molecule has 0 aliphatic carbocycles. The molecule has 192 valence electrons. The van der Waals surface area contributed by atoms with Crippen molar-refractivity contribution in [3.05, 3.63) is 68.8 Å². The zero-order valence-electron chi connectivity index (χ0n) is 20.3. The first-order chi connectivity index (χ1) is 15.7. The van der Waals surface area contributed by atoms with E-state index in [1.54, 1.807) is 0 Å². The van der Waals surface area contributed by atoms with Gasteiger partial charge in [-0.1, -0.05) is 24.3 Å². The third kappa shape index (κ3) is 6.19. The van der Waals surface area contributed by atoms with Crippen LogP contribution in [0.1, 0.15) is 44.5 Å². The summed E-state index contributed by atoms with van der Waals surface area (Å²) in [4.78, 5) is 31.3. The number of hydrogen-bond donors (Lipinski definition) is 8. The zero-order chi connectivity index (χ0) is 26.4.